The maximum absolute atomic E-state index is 5.94. The second-order valence-electron chi connectivity index (χ2n) is 3.18. The molecule has 1 aromatic carbocycles. The van der Waals surface area contributed by atoms with E-state index in [9.17, 15) is 0 Å². The minimum atomic E-state index is 0.560. The van der Waals surface area contributed by atoms with Crippen molar-refractivity contribution in [1.29, 1.82) is 0 Å². The Morgan fingerprint density at radius 3 is 2.27 bits per heavy atom. The summed E-state index contributed by atoms with van der Waals surface area (Å²) in [6, 6.07) is 7.59. The maximum Gasteiger partial charge on any atom is 0.0427 e. The Kier molecular flexibility index (Phi) is 3.32. The molecule has 0 aliphatic carbocycles. The van der Waals surface area contributed by atoms with E-state index in [0.29, 0.717) is 16.6 Å². The summed E-state index contributed by atoms with van der Waals surface area (Å²) >= 11 is 13.5. The zero-order chi connectivity index (χ0) is 10.8. The van der Waals surface area contributed by atoms with Crippen LogP contribution >= 0.6 is 34.5 Å². The topological polar surface area (TPSA) is 26.0 Å². The van der Waals surface area contributed by atoms with Crippen LogP contribution in [0.4, 0.5) is 0 Å². The first-order chi connectivity index (χ1) is 7.19. The van der Waals surface area contributed by atoms with Crippen LogP contribution in [0.25, 0.3) is 10.4 Å². The summed E-state index contributed by atoms with van der Waals surface area (Å²) in [7, 11) is 0. The van der Waals surface area contributed by atoms with E-state index in [1.54, 1.807) is 17.4 Å². The Morgan fingerprint density at radius 1 is 1.07 bits per heavy atom. The van der Waals surface area contributed by atoms with Gasteiger partial charge in [-0.05, 0) is 40.8 Å². The van der Waals surface area contributed by atoms with E-state index in [2.05, 4.69) is 6.07 Å². The van der Waals surface area contributed by atoms with Crippen LogP contribution in [-0.2, 0) is 6.54 Å². The lowest BCUT2D eigenvalue weighted by Crippen LogP contribution is -1.92. The van der Waals surface area contributed by atoms with Crippen LogP contribution in [0.15, 0.2) is 29.6 Å². The van der Waals surface area contributed by atoms with Gasteiger partial charge in [-0.3, -0.25) is 0 Å². The predicted molar refractivity (Wildman–Crippen MR) is 67.7 cm³/mol. The summed E-state index contributed by atoms with van der Waals surface area (Å²) in [6.07, 6.45) is 0. The minimum absolute atomic E-state index is 0.560. The first-order valence-electron chi connectivity index (χ1n) is 4.43. The zero-order valence-corrected chi connectivity index (χ0v) is 10.2. The normalized spacial score (nSPS) is 10.6. The quantitative estimate of drug-likeness (QED) is 0.859. The summed E-state index contributed by atoms with van der Waals surface area (Å²) in [6.45, 7) is 0.560. The highest BCUT2D eigenvalue weighted by atomic mass is 35.5. The van der Waals surface area contributed by atoms with Crippen molar-refractivity contribution in [3.8, 4) is 10.4 Å². The highest BCUT2D eigenvalue weighted by Crippen LogP contribution is 2.31. The fourth-order valence-electron chi connectivity index (χ4n) is 1.33. The molecular weight excluding hydrogens is 249 g/mol. The molecule has 0 unspecified atom stereocenters. The molecule has 4 heteroatoms. The van der Waals surface area contributed by atoms with Gasteiger partial charge in [0.25, 0.3) is 0 Å². The van der Waals surface area contributed by atoms with Crippen LogP contribution in [0, 0.1) is 0 Å². The van der Waals surface area contributed by atoms with E-state index >= 15 is 0 Å². The first kappa shape index (κ1) is 11.0. The first-order valence-corrected chi connectivity index (χ1v) is 6.06. The third-order valence-corrected chi connectivity index (χ3v) is 3.50. The average Bonchev–Trinajstić information content (AvgIpc) is 2.64. The van der Waals surface area contributed by atoms with Gasteiger partial charge in [0, 0.05) is 21.5 Å². The van der Waals surface area contributed by atoms with Crippen LogP contribution in [0.5, 0.6) is 0 Å². The van der Waals surface area contributed by atoms with Crippen LogP contribution in [0.1, 0.15) is 5.56 Å². The summed E-state index contributed by atoms with van der Waals surface area (Å²) in [5.74, 6) is 0. The molecule has 0 atom stereocenters. The number of nitrogens with two attached hydrogens (primary N) is 1. The van der Waals surface area contributed by atoms with Crippen LogP contribution < -0.4 is 5.73 Å². The highest BCUT2D eigenvalue weighted by Gasteiger charge is 2.04. The lowest BCUT2D eigenvalue weighted by molar-refractivity contribution is 1.08. The average molecular weight is 258 g/mol. The maximum atomic E-state index is 5.94. The lowest BCUT2D eigenvalue weighted by Gasteiger charge is -1.99. The van der Waals surface area contributed by atoms with Gasteiger partial charge in [0.05, 0.1) is 0 Å². The van der Waals surface area contributed by atoms with Crippen LogP contribution in [-0.4, -0.2) is 0 Å². The number of thiophene rings is 1. The number of benzene rings is 1. The largest absolute Gasteiger partial charge is 0.326 e. The predicted octanol–water partition coefficient (Wildman–Crippen LogP) is 4.18. The number of halogens is 2. The van der Waals surface area contributed by atoms with Gasteiger partial charge in [-0.2, -0.15) is 0 Å². The van der Waals surface area contributed by atoms with Crippen molar-refractivity contribution in [1.82, 2.24) is 0 Å². The Bertz CT molecular complexity index is 459. The lowest BCUT2D eigenvalue weighted by atomic mass is 10.1. The smallest absolute Gasteiger partial charge is 0.0427 e. The molecule has 0 radical (unpaired) electrons. The highest BCUT2D eigenvalue weighted by molar-refractivity contribution is 7.13. The molecule has 2 aromatic rings. The number of rotatable bonds is 2. The standard InChI is InChI=1S/C11H9Cl2NS/c12-9-2-8(3-10(13)4-9)11-1-7(5-14)6-15-11/h1-4,6H,5,14H2. The fourth-order valence-corrected chi connectivity index (χ4v) is 2.77. The summed E-state index contributed by atoms with van der Waals surface area (Å²) in [5.41, 5.74) is 7.73. The fraction of sp³-hybridized carbons (Fsp3) is 0.0909. The minimum Gasteiger partial charge on any atom is -0.326 e. The SMILES string of the molecule is NCc1csc(-c2cc(Cl)cc(Cl)c2)c1. The van der Waals surface area contributed by atoms with Crippen molar-refractivity contribution >= 4 is 34.5 Å². The third kappa shape index (κ3) is 2.52. The van der Waals surface area contributed by atoms with Crippen molar-refractivity contribution < 1.29 is 0 Å². The molecule has 0 aliphatic rings. The van der Waals surface area contributed by atoms with E-state index in [0.717, 1.165) is 16.0 Å². The van der Waals surface area contributed by atoms with Crippen LogP contribution in [0.2, 0.25) is 10.0 Å². The number of hydrogen-bond acceptors (Lipinski definition) is 2. The molecule has 0 spiro atoms. The van der Waals surface area contributed by atoms with Crippen molar-refractivity contribution in [3.63, 3.8) is 0 Å². The monoisotopic (exact) mass is 257 g/mol. The van der Waals surface area contributed by atoms with E-state index in [4.69, 9.17) is 28.9 Å². The molecule has 0 bridgehead atoms. The molecule has 2 rings (SSSR count). The second-order valence-corrected chi connectivity index (χ2v) is 4.97. The Labute approximate surface area is 102 Å². The van der Waals surface area contributed by atoms with Gasteiger partial charge in [0.2, 0.25) is 0 Å². The molecule has 0 amide bonds. The van der Waals surface area contributed by atoms with Crippen molar-refractivity contribution in [2.75, 3.05) is 0 Å². The van der Waals surface area contributed by atoms with Crippen LogP contribution in [0.3, 0.4) is 0 Å². The molecule has 1 heterocycles. The van der Waals surface area contributed by atoms with Gasteiger partial charge in [0.15, 0.2) is 0 Å². The van der Waals surface area contributed by atoms with Gasteiger partial charge < -0.3 is 5.73 Å². The Balaban J connectivity index is 2.44. The van der Waals surface area contributed by atoms with Crippen molar-refractivity contribution in [2.24, 2.45) is 5.73 Å². The van der Waals surface area contributed by atoms with E-state index in [1.807, 2.05) is 17.5 Å². The summed E-state index contributed by atoms with van der Waals surface area (Å²) in [5, 5.41) is 3.35. The van der Waals surface area contributed by atoms with Gasteiger partial charge in [-0.1, -0.05) is 23.2 Å². The van der Waals surface area contributed by atoms with E-state index in [-0.39, 0.29) is 0 Å². The van der Waals surface area contributed by atoms with Crippen molar-refractivity contribution in [3.05, 3.63) is 45.3 Å². The molecule has 15 heavy (non-hydrogen) atoms. The Morgan fingerprint density at radius 2 is 1.73 bits per heavy atom. The van der Waals surface area contributed by atoms with Crippen molar-refractivity contribution in [2.45, 2.75) is 6.54 Å². The molecule has 2 N–H and O–H groups in total. The zero-order valence-electron chi connectivity index (χ0n) is 7.84. The molecule has 78 valence electrons. The third-order valence-electron chi connectivity index (χ3n) is 2.04. The van der Waals surface area contributed by atoms with Gasteiger partial charge >= 0.3 is 0 Å². The molecular formula is C11H9Cl2NS. The van der Waals surface area contributed by atoms with Gasteiger partial charge in [0.1, 0.15) is 0 Å². The molecule has 0 aliphatic heterocycles. The van der Waals surface area contributed by atoms with Gasteiger partial charge in [-0.15, -0.1) is 11.3 Å². The number of hydrogen-bond donors (Lipinski definition) is 1. The van der Waals surface area contributed by atoms with E-state index in [1.165, 1.54) is 0 Å². The summed E-state index contributed by atoms with van der Waals surface area (Å²) in [4.78, 5) is 1.14. The molecule has 0 fully saturated rings. The molecule has 1 nitrogen and oxygen atoms in total. The molecule has 1 aromatic heterocycles. The Hall–Kier alpha value is -0.540. The summed E-state index contributed by atoms with van der Waals surface area (Å²) < 4.78 is 0. The molecule has 0 saturated heterocycles. The van der Waals surface area contributed by atoms with E-state index < -0.39 is 0 Å². The second kappa shape index (κ2) is 4.54. The molecule has 0 saturated carbocycles. The van der Waals surface area contributed by atoms with Gasteiger partial charge in [-0.25, -0.2) is 0 Å².